The fourth-order valence-corrected chi connectivity index (χ4v) is 4.49. The molecule has 0 saturated carbocycles. The van der Waals surface area contributed by atoms with Crippen molar-refractivity contribution < 1.29 is 13.2 Å². The summed E-state index contributed by atoms with van der Waals surface area (Å²) in [5.41, 5.74) is 1.34. The van der Waals surface area contributed by atoms with Crippen molar-refractivity contribution in [3.63, 3.8) is 0 Å². The highest BCUT2D eigenvalue weighted by Crippen LogP contribution is 2.26. The van der Waals surface area contributed by atoms with Crippen LogP contribution in [0.3, 0.4) is 0 Å². The zero-order valence-corrected chi connectivity index (χ0v) is 14.8. The molecule has 1 amide bonds. The molecule has 0 unspecified atom stereocenters. The van der Waals surface area contributed by atoms with E-state index in [1.807, 2.05) is 24.3 Å². The zero-order chi connectivity index (χ0) is 17.9. The van der Waals surface area contributed by atoms with Crippen molar-refractivity contribution in [2.75, 3.05) is 7.05 Å². The van der Waals surface area contributed by atoms with E-state index in [1.54, 1.807) is 43.4 Å². The largest absolute Gasteiger partial charge is 0.359 e. The van der Waals surface area contributed by atoms with Gasteiger partial charge in [0.15, 0.2) is 0 Å². The van der Waals surface area contributed by atoms with Crippen LogP contribution in [0.15, 0.2) is 65.6 Å². The lowest BCUT2D eigenvalue weighted by molar-refractivity contribution is -0.120. The standard InChI is InChI=1S/C19H20N2O3S/c1-20-19(22)13-7-9-16-14-15-8-5-6-12-18(15)21(16)25(23,24)17-10-3-2-4-11-17/h2-6,8,10-12,14H,7,9,13H2,1H3,(H,20,22). The number of amides is 1. The fraction of sp³-hybridized carbons (Fsp3) is 0.211. The maximum atomic E-state index is 13.2. The molecular weight excluding hydrogens is 336 g/mol. The van der Waals surface area contributed by atoms with E-state index in [1.165, 1.54) is 3.97 Å². The van der Waals surface area contributed by atoms with Gasteiger partial charge in [0, 0.05) is 24.5 Å². The van der Waals surface area contributed by atoms with Crippen LogP contribution in [0.25, 0.3) is 10.9 Å². The fourth-order valence-electron chi connectivity index (χ4n) is 2.90. The Hall–Kier alpha value is -2.60. The van der Waals surface area contributed by atoms with Crippen molar-refractivity contribution in [1.29, 1.82) is 0 Å². The number of fused-ring (bicyclic) bond motifs is 1. The molecule has 1 heterocycles. The lowest BCUT2D eigenvalue weighted by atomic mass is 10.2. The Balaban J connectivity index is 2.06. The summed E-state index contributed by atoms with van der Waals surface area (Å²) in [7, 11) is -2.10. The molecule has 5 nitrogen and oxygen atoms in total. The first-order chi connectivity index (χ1) is 12.0. The molecule has 0 saturated heterocycles. The Bertz CT molecular complexity index is 992. The Kier molecular flexibility index (Phi) is 4.90. The van der Waals surface area contributed by atoms with Crippen LogP contribution >= 0.6 is 0 Å². The highest BCUT2D eigenvalue weighted by atomic mass is 32.2. The van der Waals surface area contributed by atoms with Crippen molar-refractivity contribution in [3.05, 3.63) is 66.4 Å². The molecule has 0 aliphatic carbocycles. The van der Waals surface area contributed by atoms with Gasteiger partial charge in [0.1, 0.15) is 0 Å². The number of nitrogens with one attached hydrogen (secondary N) is 1. The first-order valence-corrected chi connectivity index (χ1v) is 9.58. The average Bonchev–Trinajstić information content (AvgIpc) is 3.01. The number of carbonyl (C=O) groups excluding carboxylic acids is 1. The monoisotopic (exact) mass is 356 g/mol. The number of hydrogen-bond donors (Lipinski definition) is 1. The van der Waals surface area contributed by atoms with Gasteiger partial charge in [-0.1, -0.05) is 36.4 Å². The summed E-state index contributed by atoms with van der Waals surface area (Å²) in [5.74, 6) is -0.0476. The number of para-hydroxylation sites is 1. The predicted molar refractivity (Wildman–Crippen MR) is 98.0 cm³/mol. The number of aromatic nitrogens is 1. The molecule has 6 heteroatoms. The second kappa shape index (κ2) is 7.11. The minimum absolute atomic E-state index is 0.0476. The summed E-state index contributed by atoms with van der Waals surface area (Å²) in [6.07, 6.45) is 1.46. The Morgan fingerprint density at radius 2 is 1.72 bits per heavy atom. The molecule has 0 aliphatic rings. The molecular formula is C19H20N2O3S. The van der Waals surface area contributed by atoms with Gasteiger partial charge in [-0.25, -0.2) is 12.4 Å². The first-order valence-electron chi connectivity index (χ1n) is 8.14. The average molecular weight is 356 g/mol. The van der Waals surface area contributed by atoms with E-state index in [4.69, 9.17) is 0 Å². The van der Waals surface area contributed by atoms with Gasteiger partial charge in [0.25, 0.3) is 10.0 Å². The molecule has 130 valence electrons. The molecule has 0 radical (unpaired) electrons. The molecule has 3 aromatic rings. The van der Waals surface area contributed by atoms with Crippen LogP contribution in [0.1, 0.15) is 18.5 Å². The van der Waals surface area contributed by atoms with E-state index in [0.29, 0.717) is 30.5 Å². The zero-order valence-electron chi connectivity index (χ0n) is 14.0. The molecule has 0 fully saturated rings. The van der Waals surface area contributed by atoms with Crippen molar-refractivity contribution >= 4 is 26.8 Å². The number of aryl methyl sites for hydroxylation is 1. The number of nitrogens with zero attached hydrogens (tertiary/aromatic N) is 1. The van der Waals surface area contributed by atoms with Crippen molar-refractivity contribution in [2.24, 2.45) is 0 Å². The molecule has 25 heavy (non-hydrogen) atoms. The van der Waals surface area contributed by atoms with E-state index in [0.717, 1.165) is 5.39 Å². The smallest absolute Gasteiger partial charge is 0.268 e. The van der Waals surface area contributed by atoms with Crippen molar-refractivity contribution in [1.82, 2.24) is 9.29 Å². The van der Waals surface area contributed by atoms with Gasteiger partial charge in [0.05, 0.1) is 10.4 Å². The van der Waals surface area contributed by atoms with Crippen LogP contribution < -0.4 is 5.32 Å². The van der Waals surface area contributed by atoms with E-state index in [2.05, 4.69) is 5.32 Å². The van der Waals surface area contributed by atoms with Gasteiger partial charge >= 0.3 is 0 Å². The summed E-state index contributed by atoms with van der Waals surface area (Å²) in [5, 5.41) is 3.46. The lowest BCUT2D eigenvalue weighted by Gasteiger charge is -2.12. The summed E-state index contributed by atoms with van der Waals surface area (Å²) in [4.78, 5) is 11.7. The van der Waals surface area contributed by atoms with Gasteiger partial charge < -0.3 is 5.32 Å². The van der Waals surface area contributed by atoms with Crippen LogP contribution in [0.5, 0.6) is 0 Å². The number of hydrogen-bond acceptors (Lipinski definition) is 3. The second-order valence-corrected chi connectivity index (χ2v) is 7.59. The predicted octanol–water partition coefficient (Wildman–Crippen LogP) is 2.95. The molecule has 0 spiro atoms. The third-order valence-corrected chi connectivity index (χ3v) is 5.92. The first kappa shape index (κ1) is 17.2. The maximum absolute atomic E-state index is 13.2. The third kappa shape index (κ3) is 3.44. The lowest BCUT2D eigenvalue weighted by Crippen LogP contribution is -2.18. The Labute approximate surface area is 147 Å². The third-order valence-electron chi connectivity index (χ3n) is 4.14. The molecule has 3 rings (SSSR count). The molecule has 1 aromatic heterocycles. The van der Waals surface area contributed by atoms with Crippen molar-refractivity contribution in [3.8, 4) is 0 Å². The minimum atomic E-state index is -3.69. The second-order valence-electron chi connectivity index (χ2n) is 5.80. The van der Waals surface area contributed by atoms with Crippen LogP contribution in [0, 0.1) is 0 Å². The quantitative estimate of drug-likeness (QED) is 0.738. The van der Waals surface area contributed by atoms with Crippen LogP contribution in [0.4, 0.5) is 0 Å². The highest BCUT2D eigenvalue weighted by Gasteiger charge is 2.22. The van der Waals surface area contributed by atoms with Crippen LogP contribution in [-0.4, -0.2) is 25.3 Å². The van der Waals surface area contributed by atoms with E-state index < -0.39 is 10.0 Å². The summed E-state index contributed by atoms with van der Waals surface area (Å²) < 4.78 is 27.7. The maximum Gasteiger partial charge on any atom is 0.268 e. The summed E-state index contributed by atoms with van der Waals surface area (Å²) in [6.45, 7) is 0. The molecule has 0 aliphatic heterocycles. The van der Waals surface area contributed by atoms with Gasteiger partial charge in [0.2, 0.25) is 5.91 Å². The number of carbonyl (C=O) groups is 1. The minimum Gasteiger partial charge on any atom is -0.359 e. The normalized spacial score (nSPS) is 11.6. The number of rotatable bonds is 6. The molecule has 0 bridgehead atoms. The van der Waals surface area contributed by atoms with Crippen LogP contribution in [-0.2, 0) is 21.2 Å². The van der Waals surface area contributed by atoms with Crippen molar-refractivity contribution in [2.45, 2.75) is 24.2 Å². The Morgan fingerprint density at radius 1 is 1.04 bits per heavy atom. The van der Waals surface area contributed by atoms with E-state index in [9.17, 15) is 13.2 Å². The Morgan fingerprint density at radius 3 is 2.44 bits per heavy atom. The SMILES string of the molecule is CNC(=O)CCCc1cc2ccccc2n1S(=O)(=O)c1ccccc1. The summed E-state index contributed by atoms with van der Waals surface area (Å²) >= 11 is 0. The summed E-state index contributed by atoms with van der Waals surface area (Å²) in [6, 6.07) is 17.7. The van der Waals surface area contributed by atoms with E-state index >= 15 is 0 Å². The van der Waals surface area contributed by atoms with E-state index in [-0.39, 0.29) is 10.8 Å². The van der Waals surface area contributed by atoms with Gasteiger partial charge in [-0.15, -0.1) is 0 Å². The van der Waals surface area contributed by atoms with Crippen LogP contribution in [0.2, 0.25) is 0 Å². The molecule has 1 N–H and O–H groups in total. The van der Waals surface area contributed by atoms with Gasteiger partial charge in [-0.2, -0.15) is 0 Å². The topological polar surface area (TPSA) is 68.2 Å². The van der Waals surface area contributed by atoms with Gasteiger partial charge in [-0.3, -0.25) is 4.79 Å². The highest BCUT2D eigenvalue weighted by molar-refractivity contribution is 7.90. The molecule has 2 aromatic carbocycles. The molecule has 0 atom stereocenters. The van der Waals surface area contributed by atoms with Gasteiger partial charge in [-0.05, 0) is 37.1 Å². The number of benzene rings is 2.